The molecule has 1 aliphatic carbocycles. The number of rotatable bonds is 8. The second-order valence-corrected chi connectivity index (χ2v) is 12.4. The fourth-order valence-corrected chi connectivity index (χ4v) is 7.55. The molecule has 2 aromatic heterocycles. The van der Waals surface area contributed by atoms with E-state index in [2.05, 4.69) is 76.6 Å². The molecule has 1 aromatic carbocycles. The Balaban J connectivity index is 1.19. The first-order chi connectivity index (χ1) is 18.6. The summed E-state index contributed by atoms with van der Waals surface area (Å²) in [5.41, 5.74) is 5.11. The molecule has 2 saturated heterocycles. The van der Waals surface area contributed by atoms with Gasteiger partial charge < -0.3 is 9.47 Å². The minimum Gasteiger partial charge on any atom is -0.327 e. The van der Waals surface area contributed by atoms with Crippen molar-refractivity contribution in [2.75, 3.05) is 33.2 Å². The van der Waals surface area contributed by atoms with Crippen molar-refractivity contribution in [2.24, 2.45) is 5.92 Å². The van der Waals surface area contributed by atoms with Crippen LogP contribution in [0.15, 0.2) is 42.6 Å². The average Bonchev–Trinajstić information content (AvgIpc) is 3.53. The van der Waals surface area contributed by atoms with Crippen LogP contribution in [-0.4, -0.2) is 74.5 Å². The van der Waals surface area contributed by atoms with E-state index in [1.165, 1.54) is 87.3 Å². The predicted molar refractivity (Wildman–Crippen MR) is 155 cm³/mol. The molecule has 6 heteroatoms. The molecule has 0 spiro atoms. The zero-order valence-electron chi connectivity index (χ0n) is 23.7. The van der Waals surface area contributed by atoms with Crippen molar-refractivity contribution in [3.63, 3.8) is 0 Å². The summed E-state index contributed by atoms with van der Waals surface area (Å²) >= 11 is 0. The Hall–Kier alpha value is -2.28. The van der Waals surface area contributed by atoms with Crippen LogP contribution in [0.5, 0.6) is 0 Å². The minimum atomic E-state index is 0.369. The van der Waals surface area contributed by atoms with Crippen LogP contribution in [0.4, 0.5) is 0 Å². The molecular formula is C32H46N6. The molecule has 0 radical (unpaired) electrons. The summed E-state index contributed by atoms with van der Waals surface area (Å²) in [7, 11) is 2.27. The van der Waals surface area contributed by atoms with Gasteiger partial charge in [-0.1, -0.05) is 18.2 Å². The van der Waals surface area contributed by atoms with Gasteiger partial charge in [0, 0.05) is 37.9 Å². The number of pyridine rings is 1. The predicted octanol–water partition coefficient (Wildman–Crippen LogP) is 5.53. The van der Waals surface area contributed by atoms with Crippen molar-refractivity contribution in [1.29, 1.82) is 0 Å². The lowest BCUT2D eigenvalue weighted by Crippen LogP contribution is -2.46. The number of nitrogens with zero attached hydrogens (tertiary/aromatic N) is 6. The van der Waals surface area contributed by atoms with Crippen LogP contribution < -0.4 is 0 Å². The van der Waals surface area contributed by atoms with E-state index in [1.807, 2.05) is 6.20 Å². The van der Waals surface area contributed by atoms with Crippen molar-refractivity contribution >= 4 is 11.0 Å². The fraction of sp³-hybridized carbons (Fsp3) is 0.625. The maximum Gasteiger partial charge on any atom is 0.124 e. The molecule has 3 aliphatic rings. The molecule has 0 saturated carbocycles. The Morgan fingerprint density at radius 1 is 0.974 bits per heavy atom. The quantitative estimate of drug-likeness (QED) is 0.396. The summed E-state index contributed by atoms with van der Waals surface area (Å²) in [6.07, 6.45) is 10.9. The zero-order valence-corrected chi connectivity index (χ0v) is 23.7. The largest absolute Gasteiger partial charge is 0.327 e. The molecule has 38 heavy (non-hydrogen) atoms. The van der Waals surface area contributed by atoms with Crippen molar-refractivity contribution in [2.45, 2.75) is 90.0 Å². The summed E-state index contributed by atoms with van der Waals surface area (Å²) in [5, 5.41) is 0. The number of fused-ring (bicyclic) bond motifs is 2. The van der Waals surface area contributed by atoms with Crippen LogP contribution in [0.3, 0.4) is 0 Å². The van der Waals surface area contributed by atoms with Gasteiger partial charge in [-0.05, 0) is 109 Å². The topological polar surface area (TPSA) is 40.4 Å². The van der Waals surface area contributed by atoms with Crippen molar-refractivity contribution in [3.05, 3.63) is 59.7 Å². The normalized spacial score (nSPS) is 25.0. The van der Waals surface area contributed by atoms with Crippen LogP contribution in [0, 0.1) is 5.92 Å². The maximum atomic E-state index is 5.18. The van der Waals surface area contributed by atoms with E-state index < -0.39 is 0 Å². The third kappa shape index (κ3) is 5.41. The first-order valence-corrected chi connectivity index (χ1v) is 15.1. The Morgan fingerprint density at radius 3 is 2.74 bits per heavy atom. The van der Waals surface area contributed by atoms with Gasteiger partial charge in [-0.25, -0.2) is 4.98 Å². The lowest BCUT2D eigenvalue weighted by Gasteiger charge is -2.38. The molecule has 204 valence electrons. The number of hydrogen-bond donors (Lipinski definition) is 0. The fourth-order valence-electron chi connectivity index (χ4n) is 7.55. The van der Waals surface area contributed by atoms with Gasteiger partial charge >= 0.3 is 0 Å². The highest BCUT2D eigenvalue weighted by molar-refractivity contribution is 5.75. The molecule has 0 N–H and O–H groups in total. The number of piperidine rings is 1. The molecule has 3 aromatic rings. The summed E-state index contributed by atoms with van der Waals surface area (Å²) in [4.78, 5) is 18.0. The SMILES string of the molecule is CC(C)N1CCCC1CN1CCC[C@H](Cn2c(CN(C)[C@H]3CCCc4cccnc43)nc3ccccc32)C1. The Labute approximate surface area is 229 Å². The number of imidazole rings is 1. The lowest BCUT2D eigenvalue weighted by atomic mass is 9.91. The van der Waals surface area contributed by atoms with Gasteiger partial charge in [0.1, 0.15) is 5.82 Å². The highest BCUT2D eigenvalue weighted by Gasteiger charge is 2.31. The Morgan fingerprint density at radius 2 is 1.84 bits per heavy atom. The van der Waals surface area contributed by atoms with Crippen molar-refractivity contribution in [3.8, 4) is 0 Å². The Kier molecular flexibility index (Phi) is 7.82. The molecule has 0 bridgehead atoms. The van der Waals surface area contributed by atoms with E-state index in [4.69, 9.17) is 9.97 Å². The second kappa shape index (κ2) is 11.4. The van der Waals surface area contributed by atoms with Crippen molar-refractivity contribution < 1.29 is 0 Å². The summed E-state index contributed by atoms with van der Waals surface area (Å²) in [6.45, 7) is 11.6. The molecule has 1 unspecified atom stereocenters. The van der Waals surface area contributed by atoms with Gasteiger partial charge in [0.05, 0.1) is 29.3 Å². The number of aryl methyl sites for hydroxylation is 1. The van der Waals surface area contributed by atoms with Crippen LogP contribution in [-0.2, 0) is 19.5 Å². The van der Waals surface area contributed by atoms with Crippen LogP contribution in [0.2, 0.25) is 0 Å². The monoisotopic (exact) mass is 514 g/mol. The van der Waals surface area contributed by atoms with Gasteiger partial charge in [-0.15, -0.1) is 0 Å². The van der Waals surface area contributed by atoms with Gasteiger partial charge in [0.15, 0.2) is 0 Å². The molecule has 6 nitrogen and oxygen atoms in total. The van der Waals surface area contributed by atoms with E-state index in [1.54, 1.807) is 0 Å². The number of para-hydroxylation sites is 2. The van der Waals surface area contributed by atoms with E-state index in [-0.39, 0.29) is 0 Å². The number of likely N-dealkylation sites (tertiary alicyclic amines) is 2. The van der Waals surface area contributed by atoms with E-state index >= 15 is 0 Å². The molecule has 6 rings (SSSR count). The number of hydrogen-bond acceptors (Lipinski definition) is 5. The molecule has 4 heterocycles. The number of aromatic nitrogens is 3. The summed E-state index contributed by atoms with van der Waals surface area (Å²) in [5.74, 6) is 1.88. The first-order valence-electron chi connectivity index (χ1n) is 15.1. The zero-order chi connectivity index (χ0) is 26.1. The third-order valence-corrected chi connectivity index (χ3v) is 9.42. The van der Waals surface area contributed by atoms with Gasteiger partial charge in [0.2, 0.25) is 0 Å². The minimum absolute atomic E-state index is 0.369. The van der Waals surface area contributed by atoms with E-state index in [9.17, 15) is 0 Å². The standard InChI is InChI=1S/C32H46N6/c1-24(2)37-19-9-13-27(37)22-36-18-8-10-25(20-36)21-38-29-15-5-4-14-28(29)34-31(38)23-35(3)30-16-6-11-26-12-7-17-33-32(26)30/h4-5,7,12,14-15,17,24-25,27,30H,6,8-11,13,16,18-23H2,1-3H3/t25-,27?,30-/m0/s1. The second-order valence-electron chi connectivity index (χ2n) is 12.4. The molecule has 0 amide bonds. The van der Waals surface area contributed by atoms with Gasteiger partial charge in [-0.2, -0.15) is 0 Å². The first kappa shape index (κ1) is 26.0. The highest BCUT2D eigenvalue weighted by atomic mass is 15.3. The average molecular weight is 515 g/mol. The van der Waals surface area contributed by atoms with Crippen LogP contribution >= 0.6 is 0 Å². The Bertz CT molecular complexity index is 1220. The lowest BCUT2D eigenvalue weighted by molar-refractivity contribution is 0.106. The highest BCUT2D eigenvalue weighted by Crippen LogP contribution is 2.33. The van der Waals surface area contributed by atoms with Crippen molar-refractivity contribution in [1.82, 2.24) is 29.2 Å². The van der Waals surface area contributed by atoms with Gasteiger partial charge in [0.25, 0.3) is 0 Å². The van der Waals surface area contributed by atoms with Crippen LogP contribution in [0.1, 0.15) is 75.5 Å². The summed E-state index contributed by atoms with van der Waals surface area (Å²) in [6, 6.07) is 14.9. The molecule has 2 aliphatic heterocycles. The molecular weight excluding hydrogens is 468 g/mol. The number of benzene rings is 1. The third-order valence-electron chi connectivity index (χ3n) is 9.42. The summed E-state index contributed by atoms with van der Waals surface area (Å²) < 4.78 is 2.55. The van der Waals surface area contributed by atoms with Crippen LogP contribution in [0.25, 0.3) is 11.0 Å². The van der Waals surface area contributed by atoms with E-state index in [0.717, 1.165) is 31.1 Å². The molecule has 2 fully saturated rings. The maximum absolute atomic E-state index is 5.18. The molecule has 3 atom stereocenters. The van der Waals surface area contributed by atoms with E-state index in [0.29, 0.717) is 18.0 Å². The smallest absolute Gasteiger partial charge is 0.124 e. The van der Waals surface area contributed by atoms with Gasteiger partial charge in [-0.3, -0.25) is 14.8 Å².